The van der Waals surface area contributed by atoms with Gasteiger partial charge in [0.1, 0.15) is 6.04 Å². The van der Waals surface area contributed by atoms with Gasteiger partial charge >= 0.3 is 0 Å². The van der Waals surface area contributed by atoms with Gasteiger partial charge in [-0.1, -0.05) is 59.1 Å². The molecule has 4 nitrogen and oxygen atoms in total. The normalized spacial score (nSPS) is 12.0. The molecule has 0 unspecified atom stereocenters. The molecule has 162 valence electrons. The topological polar surface area (TPSA) is 49.4 Å². The Hall–Kier alpha value is -1.69. The van der Waals surface area contributed by atoms with E-state index in [9.17, 15) is 9.59 Å². The highest BCUT2D eigenvalue weighted by Gasteiger charge is 2.26. The average Bonchev–Trinajstić information content (AvgIpc) is 2.67. The molecule has 0 aliphatic carbocycles. The number of hydrogen-bond donors (Lipinski definition) is 1. The molecule has 2 amide bonds. The van der Waals surface area contributed by atoms with Crippen LogP contribution in [0.15, 0.2) is 42.5 Å². The van der Waals surface area contributed by atoms with Gasteiger partial charge < -0.3 is 10.2 Å². The lowest BCUT2D eigenvalue weighted by Gasteiger charge is -2.29. The fourth-order valence-corrected chi connectivity index (χ4v) is 4.14. The third-order valence-electron chi connectivity index (χ3n) is 4.51. The smallest absolute Gasteiger partial charge is 0.242 e. The maximum atomic E-state index is 13.1. The van der Waals surface area contributed by atoms with Gasteiger partial charge in [-0.3, -0.25) is 9.59 Å². The molecule has 1 atom stereocenters. The Morgan fingerprint density at radius 3 is 2.40 bits per heavy atom. The van der Waals surface area contributed by atoms with Gasteiger partial charge in [-0.05, 0) is 51.0 Å². The lowest BCUT2D eigenvalue weighted by molar-refractivity contribution is -0.138. The number of nitrogens with zero attached hydrogens (tertiary/aromatic N) is 1. The second-order valence-electron chi connectivity index (χ2n) is 7.59. The SMILES string of the molecule is Cc1cccc(CSCC(=O)N(Cc2ccc(Cl)c(Cl)c2)[C@@H](C)C(=O)NC(C)C)c1. The summed E-state index contributed by atoms with van der Waals surface area (Å²) in [5.74, 6) is 0.752. The van der Waals surface area contributed by atoms with Crippen LogP contribution in [0.4, 0.5) is 0 Å². The van der Waals surface area contributed by atoms with Crippen LogP contribution in [0.1, 0.15) is 37.5 Å². The predicted octanol–water partition coefficient (Wildman–Crippen LogP) is 5.48. The van der Waals surface area contributed by atoms with Gasteiger partial charge in [0.25, 0.3) is 0 Å². The van der Waals surface area contributed by atoms with Gasteiger partial charge in [-0.15, -0.1) is 11.8 Å². The Labute approximate surface area is 193 Å². The molecular weight excluding hydrogens is 439 g/mol. The summed E-state index contributed by atoms with van der Waals surface area (Å²) >= 11 is 13.7. The first-order valence-corrected chi connectivity index (χ1v) is 11.8. The highest BCUT2D eigenvalue weighted by atomic mass is 35.5. The largest absolute Gasteiger partial charge is 0.352 e. The molecule has 0 bridgehead atoms. The van der Waals surface area contributed by atoms with E-state index in [2.05, 4.69) is 17.4 Å². The predicted molar refractivity (Wildman–Crippen MR) is 127 cm³/mol. The summed E-state index contributed by atoms with van der Waals surface area (Å²) in [5, 5.41) is 3.77. The van der Waals surface area contributed by atoms with Crippen LogP contribution >= 0.6 is 35.0 Å². The zero-order chi connectivity index (χ0) is 22.3. The van der Waals surface area contributed by atoms with Crippen LogP contribution in [0.3, 0.4) is 0 Å². The van der Waals surface area contributed by atoms with E-state index in [1.165, 1.54) is 11.1 Å². The first-order valence-electron chi connectivity index (χ1n) is 9.84. The summed E-state index contributed by atoms with van der Waals surface area (Å²) < 4.78 is 0. The van der Waals surface area contributed by atoms with Gasteiger partial charge in [0.2, 0.25) is 11.8 Å². The molecule has 2 aromatic carbocycles. The summed E-state index contributed by atoms with van der Waals surface area (Å²) in [6.45, 7) is 7.87. The van der Waals surface area contributed by atoms with Crippen molar-refractivity contribution in [2.75, 3.05) is 5.75 Å². The van der Waals surface area contributed by atoms with E-state index in [1.807, 2.05) is 39.0 Å². The van der Waals surface area contributed by atoms with E-state index < -0.39 is 6.04 Å². The van der Waals surface area contributed by atoms with Crippen molar-refractivity contribution in [1.82, 2.24) is 10.2 Å². The lowest BCUT2D eigenvalue weighted by Crippen LogP contribution is -2.49. The Kier molecular flexibility index (Phi) is 9.53. The maximum Gasteiger partial charge on any atom is 0.242 e. The number of rotatable bonds is 9. The minimum absolute atomic E-state index is 0.00225. The van der Waals surface area contributed by atoms with Crippen molar-refractivity contribution in [3.05, 3.63) is 69.2 Å². The quantitative estimate of drug-likeness (QED) is 0.532. The van der Waals surface area contributed by atoms with Crippen LogP contribution in [-0.4, -0.2) is 34.6 Å². The fraction of sp³-hybridized carbons (Fsp3) is 0.391. The van der Waals surface area contributed by atoms with Crippen molar-refractivity contribution in [3.63, 3.8) is 0 Å². The van der Waals surface area contributed by atoms with E-state index in [4.69, 9.17) is 23.2 Å². The van der Waals surface area contributed by atoms with Crippen molar-refractivity contribution >= 4 is 46.8 Å². The van der Waals surface area contributed by atoms with Gasteiger partial charge in [-0.25, -0.2) is 0 Å². The molecule has 0 fully saturated rings. The molecule has 0 aliphatic heterocycles. The molecular formula is C23H28Cl2N2O2S. The maximum absolute atomic E-state index is 13.1. The van der Waals surface area contributed by atoms with Crippen LogP contribution in [0.5, 0.6) is 0 Å². The zero-order valence-corrected chi connectivity index (χ0v) is 20.1. The monoisotopic (exact) mass is 466 g/mol. The minimum Gasteiger partial charge on any atom is -0.352 e. The minimum atomic E-state index is -0.603. The number of amides is 2. The van der Waals surface area contributed by atoms with Crippen LogP contribution in [-0.2, 0) is 21.9 Å². The molecule has 0 aliphatic rings. The van der Waals surface area contributed by atoms with Crippen LogP contribution in [0.2, 0.25) is 10.0 Å². The number of carbonyl (C=O) groups is 2. The second kappa shape index (κ2) is 11.6. The highest BCUT2D eigenvalue weighted by molar-refractivity contribution is 7.99. The number of thioether (sulfide) groups is 1. The number of carbonyl (C=O) groups excluding carboxylic acids is 2. The number of nitrogens with one attached hydrogen (secondary N) is 1. The third-order valence-corrected chi connectivity index (χ3v) is 6.24. The van der Waals surface area contributed by atoms with E-state index in [0.717, 1.165) is 11.3 Å². The van der Waals surface area contributed by atoms with Crippen LogP contribution in [0, 0.1) is 6.92 Å². The van der Waals surface area contributed by atoms with Crippen molar-refractivity contribution < 1.29 is 9.59 Å². The van der Waals surface area contributed by atoms with Crippen LogP contribution in [0.25, 0.3) is 0 Å². The molecule has 0 saturated heterocycles. The first kappa shape index (κ1) is 24.6. The van der Waals surface area contributed by atoms with E-state index >= 15 is 0 Å². The number of halogens is 2. The van der Waals surface area contributed by atoms with E-state index in [1.54, 1.807) is 35.7 Å². The summed E-state index contributed by atoms with van der Waals surface area (Å²) in [6.07, 6.45) is 0. The van der Waals surface area contributed by atoms with Gasteiger partial charge in [0.05, 0.1) is 15.8 Å². The highest BCUT2D eigenvalue weighted by Crippen LogP contribution is 2.24. The first-order chi connectivity index (χ1) is 14.2. The van der Waals surface area contributed by atoms with Crippen molar-refractivity contribution in [3.8, 4) is 0 Å². The summed E-state index contributed by atoms with van der Waals surface area (Å²) in [5.41, 5.74) is 3.19. The molecule has 2 rings (SSSR count). The van der Waals surface area contributed by atoms with E-state index in [0.29, 0.717) is 10.0 Å². The molecule has 7 heteroatoms. The third kappa shape index (κ3) is 7.53. The molecule has 0 spiro atoms. The Morgan fingerprint density at radius 2 is 1.77 bits per heavy atom. The number of hydrogen-bond acceptors (Lipinski definition) is 3. The molecule has 0 radical (unpaired) electrons. The summed E-state index contributed by atoms with van der Waals surface area (Å²) in [4.78, 5) is 27.2. The second-order valence-corrected chi connectivity index (χ2v) is 9.39. The molecule has 0 saturated carbocycles. The van der Waals surface area contributed by atoms with Crippen molar-refractivity contribution in [2.24, 2.45) is 0 Å². The average molecular weight is 467 g/mol. The Balaban J connectivity index is 2.10. The molecule has 1 N–H and O–H groups in total. The van der Waals surface area contributed by atoms with Crippen LogP contribution < -0.4 is 5.32 Å². The fourth-order valence-electron chi connectivity index (χ4n) is 2.96. The number of benzene rings is 2. The summed E-state index contributed by atoms with van der Waals surface area (Å²) in [7, 11) is 0. The number of aryl methyl sites for hydroxylation is 1. The van der Waals surface area contributed by atoms with E-state index in [-0.39, 0.29) is 30.2 Å². The van der Waals surface area contributed by atoms with Crippen molar-refractivity contribution in [2.45, 2.75) is 52.1 Å². The standard InChI is InChI=1S/C23H28Cl2N2O2S/c1-15(2)26-23(29)17(4)27(12-18-8-9-20(24)21(25)11-18)22(28)14-30-13-19-7-5-6-16(3)10-19/h5-11,15,17H,12-14H2,1-4H3,(H,26,29)/t17-/m0/s1. The summed E-state index contributed by atoms with van der Waals surface area (Å²) in [6, 6.07) is 12.9. The van der Waals surface area contributed by atoms with Gasteiger partial charge in [-0.2, -0.15) is 0 Å². The molecule has 0 aromatic heterocycles. The Morgan fingerprint density at radius 1 is 1.03 bits per heavy atom. The van der Waals surface area contributed by atoms with Crippen molar-refractivity contribution in [1.29, 1.82) is 0 Å². The van der Waals surface area contributed by atoms with Gasteiger partial charge in [0.15, 0.2) is 0 Å². The molecule has 30 heavy (non-hydrogen) atoms. The van der Waals surface area contributed by atoms with Gasteiger partial charge in [0, 0.05) is 18.3 Å². The lowest BCUT2D eigenvalue weighted by atomic mass is 10.1. The zero-order valence-electron chi connectivity index (χ0n) is 17.7. The Bertz CT molecular complexity index is 889. The molecule has 2 aromatic rings. The molecule has 0 heterocycles.